The molecule has 0 aliphatic carbocycles. The normalized spacial score (nSPS) is 17.8. The van der Waals surface area contributed by atoms with Crippen LogP contribution in [0, 0.1) is 0 Å². The molecule has 0 fully saturated rings. The van der Waals surface area contributed by atoms with Gasteiger partial charge in [-0.25, -0.2) is 9.67 Å². The van der Waals surface area contributed by atoms with Gasteiger partial charge in [0.1, 0.15) is 17.9 Å². The number of thiophene rings is 1. The number of amides is 1. The first kappa shape index (κ1) is 12.2. The fourth-order valence-corrected chi connectivity index (χ4v) is 2.91. The van der Waals surface area contributed by atoms with Crippen molar-refractivity contribution in [3.63, 3.8) is 0 Å². The average Bonchev–Trinajstić information content (AvgIpc) is 3.06. The van der Waals surface area contributed by atoms with Gasteiger partial charge in [-0.2, -0.15) is 5.10 Å². The van der Waals surface area contributed by atoms with Crippen LogP contribution in [0.25, 0.3) is 0 Å². The lowest BCUT2D eigenvalue weighted by Crippen LogP contribution is -2.41. The Labute approximate surface area is 114 Å². The molecule has 1 aliphatic heterocycles. The molecule has 7 heteroatoms. The predicted octanol–water partition coefficient (Wildman–Crippen LogP) is 1.09. The fraction of sp³-hybridized carbons (Fsp3) is 0.417. The number of fused-ring (bicyclic) bond motifs is 1. The molecule has 3 rings (SSSR count). The summed E-state index contributed by atoms with van der Waals surface area (Å²) in [5, 5.41) is 9.00. The van der Waals surface area contributed by atoms with Crippen molar-refractivity contribution < 1.29 is 9.53 Å². The van der Waals surface area contributed by atoms with E-state index in [1.807, 2.05) is 10.1 Å². The molecule has 2 aromatic rings. The van der Waals surface area contributed by atoms with E-state index in [2.05, 4.69) is 15.4 Å². The van der Waals surface area contributed by atoms with Crippen molar-refractivity contribution in [2.75, 3.05) is 7.11 Å². The van der Waals surface area contributed by atoms with Crippen molar-refractivity contribution in [1.82, 2.24) is 20.1 Å². The quantitative estimate of drug-likeness (QED) is 0.912. The van der Waals surface area contributed by atoms with Crippen LogP contribution < -0.4 is 10.1 Å². The van der Waals surface area contributed by atoms with E-state index in [0.717, 1.165) is 24.4 Å². The van der Waals surface area contributed by atoms with Crippen LogP contribution >= 0.6 is 11.3 Å². The van der Waals surface area contributed by atoms with Gasteiger partial charge < -0.3 is 10.1 Å². The first-order valence-corrected chi connectivity index (χ1v) is 6.94. The number of rotatable bonds is 3. The number of aromatic nitrogens is 3. The molecule has 1 amide bonds. The molecule has 100 valence electrons. The molecule has 0 saturated carbocycles. The second kappa shape index (κ2) is 5.00. The number of aryl methyl sites for hydroxylation is 1. The number of hydrogen-bond acceptors (Lipinski definition) is 5. The van der Waals surface area contributed by atoms with Crippen LogP contribution in [0.2, 0.25) is 0 Å². The van der Waals surface area contributed by atoms with E-state index in [1.165, 1.54) is 11.3 Å². The van der Waals surface area contributed by atoms with Crippen molar-refractivity contribution in [3.05, 3.63) is 28.5 Å². The number of hydrogen-bond donors (Lipinski definition) is 1. The largest absolute Gasteiger partial charge is 0.496 e. The summed E-state index contributed by atoms with van der Waals surface area (Å²) in [4.78, 5) is 16.9. The van der Waals surface area contributed by atoms with Crippen LogP contribution in [0.1, 0.15) is 21.9 Å². The van der Waals surface area contributed by atoms with Crippen LogP contribution in [-0.2, 0) is 13.0 Å². The van der Waals surface area contributed by atoms with Gasteiger partial charge in [0.15, 0.2) is 0 Å². The molecule has 1 N–H and O–H groups in total. The standard InChI is InChI=1S/C12H14N4O2S/c1-18-9-4-10(19-6-9)12(17)15-8-2-3-11-13-7-14-16(11)5-8/h4,6-8H,2-3,5H2,1H3,(H,15,17)/t8-/m1/s1. The molecule has 6 nitrogen and oxygen atoms in total. The Morgan fingerprint density at radius 2 is 2.53 bits per heavy atom. The monoisotopic (exact) mass is 278 g/mol. The average molecular weight is 278 g/mol. The molecular formula is C12H14N4O2S. The summed E-state index contributed by atoms with van der Waals surface area (Å²) in [5.74, 6) is 1.66. The van der Waals surface area contributed by atoms with Gasteiger partial charge in [0.25, 0.3) is 5.91 Å². The van der Waals surface area contributed by atoms with Gasteiger partial charge in [-0.1, -0.05) is 0 Å². The zero-order valence-corrected chi connectivity index (χ0v) is 11.3. The molecule has 0 spiro atoms. The van der Waals surface area contributed by atoms with E-state index in [0.29, 0.717) is 11.4 Å². The highest BCUT2D eigenvalue weighted by Gasteiger charge is 2.22. The highest BCUT2D eigenvalue weighted by molar-refractivity contribution is 7.12. The summed E-state index contributed by atoms with van der Waals surface area (Å²) in [6.07, 6.45) is 3.30. The maximum Gasteiger partial charge on any atom is 0.261 e. The Morgan fingerprint density at radius 3 is 3.32 bits per heavy atom. The lowest BCUT2D eigenvalue weighted by molar-refractivity contribution is 0.0930. The zero-order chi connectivity index (χ0) is 13.2. The maximum atomic E-state index is 12.1. The number of nitrogens with zero attached hydrogens (tertiary/aromatic N) is 3. The maximum absolute atomic E-state index is 12.1. The Hall–Kier alpha value is -1.89. The third kappa shape index (κ3) is 2.46. The fourth-order valence-electron chi connectivity index (χ4n) is 2.16. The summed E-state index contributed by atoms with van der Waals surface area (Å²) in [6, 6.07) is 1.86. The second-order valence-corrected chi connectivity index (χ2v) is 5.33. The predicted molar refractivity (Wildman–Crippen MR) is 70.5 cm³/mol. The van der Waals surface area contributed by atoms with E-state index < -0.39 is 0 Å². The van der Waals surface area contributed by atoms with Crippen LogP contribution in [-0.4, -0.2) is 33.8 Å². The first-order valence-electron chi connectivity index (χ1n) is 6.06. The van der Waals surface area contributed by atoms with Gasteiger partial charge in [0, 0.05) is 23.9 Å². The van der Waals surface area contributed by atoms with Crippen LogP contribution in [0.3, 0.4) is 0 Å². The minimum atomic E-state index is -0.0538. The van der Waals surface area contributed by atoms with Gasteiger partial charge in [-0.3, -0.25) is 4.79 Å². The Balaban J connectivity index is 1.64. The summed E-state index contributed by atoms with van der Waals surface area (Å²) in [7, 11) is 1.59. The van der Waals surface area contributed by atoms with Crippen molar-refractivity contribution in [2.24, 2.45) is 0 Å². The second-order valence-electron chi connectivity index (χ2n) is 4.42. The smallest absolute Gasteiger partial charge is 0.261 e. The number of ether oxygens (including phenoxy) is 1. The Bertz CT molecular complexity index is 592. The van der Waals surface area contributed by atoms with Gasteiger partial charge in [0.05, 0.1) is 18.5 Å². The van der Waals surface area contributed by atoms with Crippen LogP contribution in [0.4, 0.5) is 0 Å². The summed E-state index contributed by atoms with van der Waals surface area (Å²) < 4.78 is 6.93. The van der Waals surface area contributed by atoms with Crippen molar-refractivity contribution >= 4 is 17.2 Å². The molecule has 19 heavy (non-hydrogen) atoms. The minimum Gasteiger partial charge on any atom is -0.496 e. The van der Waals surface area contributed by atoms with Gasteiger partial charge in [-0.05, 0) is 6.42 Å². The molecule has 0 bridgehead atoms. The first-order chi connectivity index (χ1) is 9.26. The summed E-state index contributed by atoms with van der Waals surface area (Å²) >= 11 is 1.39. The molecule has 0 radical (unpaired) electrons. The van der Waals surface area contributed by atoms with E-state index in [-0.39, 0.29) is 11.9 Å². The molecule has 1 aliphatic rings. The Kier molecular flexibility index (Phi) is 3.20. The number of methoxy groups -OCH3 is 1. The van der Waals surface area contributed by atoms with Crippen LogP contribution in [0.5, 0.6) is 5.75 Å². The third-order valence-electron chi connectivity index (χ3n) is 3.18. The minimum absolute atomic E-state index is 0.0538. The molecular weight excluding hydrogens is 264 g/mol. The van der Waals surface area contributed by atoms with E-state index in [9.17, 15) is 4.79 Å². The van der Waals surface area contributed by atoms with E-state index in [4.69, 9.17) is 4.74 Å². The van der Waals surface area contributed by atoms with Gasteiger partial charge in [-0.15, -0.1) is 11.3 Å². The molecule has 3 heterocycles. The topological polar surface area (TPSA) is 69.0 Å². The molecule has 0 aromatic carbocycles. The summed E-state index contributed by atoms with van der Waals surface area (Å²) in [6.45, 7) is 0.684. The summed E-state index contributed by atoms with van der Waals surface area (Å²) in [5.41, 5.74) is 0. The number of carbonyl (C=O) groups is 1. The highest BCUT2D eigenvalue weighted by Crippen LogP contribution is 2.21. The van der Waals surface area contributed by atoms with Crippen molar-refractivity contribution in [3.8, 4) is 5.75 Å². The zero-order valence-electron chi connectivity index (χ0n) is 10.5. The third-order valence-corrected chi connectivity index (χ3v) is 4.08. The lowest BCUT2D eigenvalue weighted by Gasteiger charge is -2.23. The van der Waals surface area contributed by atoms with Gasteiger partial charge >= 0.3 is 0 Å². The molecule has 0 unspecified atom stereocenters. The highest BCUT2D eigenvalue weighted by atomic mass is 32.1. The molecule has 0 saturated heterocycles. The SMILES string of the molecule is COc1csc(C(=O)N[C@@H]2CCc3ncnn3C2)c1. The number of nitrogens with one attached hydrogen (secondary N) is 1. The van der Waals surface area contributed by atoms with E-state index >= 15 is 0 Å². The molecule has 1 atom stereocenters. The van der Waals surface area contributed by atoms with Gasteiger partial charge in [0.2, 0.25) is 0 Å². The lowest BCUT2D eigenvalue weighted by atomic mass is 10.1. The van der Waals surface area contributed by atoms with Crippen LogP contribution in [0.15, 0.2) is 17.8 Å². The van der Waals surface area contributed by atoms with E-state index in [1.54, 1.807) is 19.5 Å². The number of carbonyl (C=O) groups excluding carboxylic acids is 1. The Morgan fingerprint density at radius 1 is 1.63 bits per heavy atom. The van der Waals surface area contributed by atoms with Crippen molar-refractivity contribution in [1.29, 1.82) is 0 Å². The molecule has 2 aromatic heterocycles. The van der Waals surface area contributed by atoms with Crippen molar-refractivity contribution in [2.45, 2.75) is 25.4 Å².